The second kappa shape index (κ2) is 6.35. The monoisotopic (exact) mass is 278 g/mol. The number of nitrogens with zero attached hydrogens (tertiary/aromatic N) is 3. The standard InChI is InChI=1S/C12H14N4O2S/c1-2-7-13-8-11-14-15-12(19-11)9-3-5-10(6-4-9)16(17)18/h3-6,13H,2,7-8H2,1H3. The van der Waals surface area contributed by atoms with Crippen LogP contribution in [0.4, 0.5) is 5.69 Å². The van der Waals surface area contributed by atoms with Crippen LogP contribution in [0, 0.1) is 10.1 Å². The lowest BCUT2D eigenvalue weighted by atomic mass is 10.2. The van der Waals surface area contributed by atoms with E-state index >= 15 is 0 Å². The first-order valence-electron chi connectivity index (χ1n) is 5.98. The molecule has 100 valence electrons. The van der Waals surface area contributed by atoms with Crippen molar-refractivity contribution in [2.24, 2.45) is 0 Å². The van der Waals surface area contributed by atoms with E-state index in [2.05, 4.69) is 22.4 Å². The fraction of sp³-hybridized carbons (Fsp3) is 0.333. The van der Waals surface area contributed by atoms with E-state index in [1.165, 1.54) is 23.5 Å². The van der Waals surface area contributed by atoms with Crippen LogP contribution in [0.25, 0.3) is 10.6 Å². The van der Waals surface area contributed by atoms with Gasteiger partial charge in [-0.2, -0.15) is 0 Å². The molecular formula is C12H14N4O2S. The number of nitro groups is 1. The van der Waals surface area contributed by atoms with Crippen molar-refractivity contribution in [3.8, 4) is 10.6 Å². The smallest absolute Gasteiger partial charge is 0.269 e. The number of nitro benzene ring substituents is 1. The Morgan fingerprint density at radius 2 is 2.05 bits per heavy atom. The molecule has 0 fully saturated rings. The molecule has 0 aliphatic carbocycles. The summed E-state index contributed by atoms with van der Waals surface area (Å²) in [7, 11) is 0. The fourth-order valence-corrected chi connectivity index (χ4v) is 2.35. The summed E-state index contributed by atoms with van der Waals surface area (Å²) in [4.78, 5) is 10.2. The van der Waals surface area contributed by atoms with Gasteiger partial charge in [-0.15, -0.1) is 10.2 Å². The predicted octanol–water partition coefficient (Wildman–Crippen LogP) is 2.61. The quantitative estimate of drug-likeness (QED) is 0.499. The molecule has 0 spiro atoms. The zero-order chi connectivity index (χ0) is 13.7. The summed E-state index contributed by atoms with van der Waals surface area (Å²) in [5.41, 5.74) is 0.933. The zero-order valence-corrected chi connectivity index (χ0v) is 11.3. The van der Waals surface area contributed by atoms with Gasteiger partial charge in [0.05, 0.1) is 4.92 Å². The Balaban J connectivity index is 2.07. The first kappa shape index (κ1) is 13.6. The van der Waals surface area contributed by atoms with Crippen LogP contribution < -0.4 is 5.32 Å². The van der Waals surface area contributed by atoms with Gasteiger partial charge in [-0.1, -0.05) is 18.3 Å². The molecule has 0 atom stereocenters. The van der Waals surface area contributed by atoms with Gasteiger partial charge >= 0.3 is 0 Å². The van der Waals surface area contributed by atoms with E-state index in [1.807, 2.05) is 0 Å². The summed E-state index contributed by atoms with van der Waals surface area (Å²) in [6.45, 7) is 3.76. The minimum Gasteiger partial charge on any atom is -0.310 e. The van der Waals surface area contributed by atoms with Crippen molar-refractivity contribution in [2.75, 3.05) is 6.54 Å². The van der Waals surface area contributed by atoms with Gasteiger partial charge in [0, 0.05) is 24.2 Å². The van der Waals surface area contributed by atoms with Crippen LogP contribution in [0.3, 0.4) is 0 Å². The van der Waals surface area contributed by atoms with E-state index in [4.69, 9.17) is 0 Å². The molecule has 0 saturated heterocycles. The van der Waals surface area contributed by atoms with Crippen LogP contribution >= 0.6 is 11.3 Å². The maximum atomic E-state index is 10.6. The number of nitrogens with one attached hydrogen (secondary N) is 1. The lowest BCUT2D eigenvalue weighted by Gasteiger charge is -1.97. The van der Waals surface area contributed by atoms with Crippen LogP contribution in [0.5, 0.6) is 0 Å². The summed E-state index contributed by atoms with van der Waals surface area (Å²) in [6.07, 6.45) is 1.08. The molecule has 1 aromatic heterocycles. The third-order valence-electron chi connectivity index (χ3n) is 2.49. The third-order valence-corrected chi connectivity index (χ3v) is 3.47. The molecule has 2 aromatic rings. The number of benzene rings is 1. The average molecular weight is 278 g/mol. The summed E-state index contributed by atoms with van der Waals surface area (Å²) < 4.78 is 0. The fourth-order valence-electron chi connectivity index (χ4n) is 1.54. The zero-order valence-electron chi connectivity index (χ0n) is 10.5. The van der Waals surface area contributed by atoms with Gasteiger partial charge < -0.3 is 5.32 Å². The topological polar surface area (TPSA) is 81.0 Å². The summed E-state index contributed by atoms with van der Waals surface area (Å²) in [5.74, 6) is 0. The summed E-state index contributed by atoms with van der Waals surface area (Å²) in [6, 6.07) is 6.35. The van der Waals surface area contributed by atoms with Crippen LogP contribution in [0.15, 0.2) is 24.3 Å². The van der Waals surface area contributed by atoms with Crippen molar-refractivity contribution in [1.82, 2.24) is 15.5 Å². The molecule has 0 saturated carbocycles. The molecule has 1 N–H and O–H groups in total. The van der Waals surface area contributed by atoms with Crippen molar-refractivity contribution in [3.05, 3.63) is 39.4 Å². The lowest BCUT2D eigenvalue weighted by Crippen LogP contribution is -2.13. The Hall–Kier alpha value is -1.86. The minimum atomic E-state index is -0.413. The Bertz CT molecular complexity index is 553. The van der Waals surface area contributed by atoms with Crippen LogP contribution in [-0.4, -0.2) is 21.7 Å². The first-order valence-corrected chi connectivity index (χ1v) is 6.80. The Morgan fingerprint density at radius 1 is 1.32 bits per heavy atom. The molecule has 1 aromatic carbocycles. The number of non-ortho nitro benzene ring substituents is 1. The molecule has 2 rings (SSSR count). The molecule has 6 nitrogen and oxygen atoms in total. The van der Waals surface area contributed by atoms with Crippen molar-refractivity contribution in [3.63, 3.8) is 0 Å². The molecule has 0 unspecified atom stereocenters. The van der Waals surface area contributed by atoms with E-state index in [1.54, 1.807) is 12.1 Å². The van der Waals surface area contributed by atoms with Gasteiger partial charge in [0.15, 0.2) is 0 Å². The molecular weight excluding hydrogens is 264 g/mol. The molecule has 19 heavy (non-hydrogen) atoms. The van der Waals surface area contributed by atoms with Gasteiger partial charge in [0.25, 0.3) is 5.69 Å². The Kier molecular flexibility index (Phi) is 4.53. The van der Waals surface area contributed by atoms with Crippen LogP contribution in [-0.2, 0) is 6.54 Å². The SMILES string of the molecule is CCCNCc1nnc(-c2ccc([N+](=O)[O-])cc2)s1. The van der Waals surface area contributed by atoms with Gasteiger partial charge in [0.1, 0.15) is 10.0 Å². The Labute approximate surface area is 114 Å². The highest BCUT2D eigenvalue weighted by molar-refractivity contribution is 7.14. The number of hydrogen-bond acceptors (Lipinski definition) is 6. The van der Waals surface area contributed by atoms with E-state index in [-0.39, 0.29) is 5.69 Å². The normalized spacial score (nSPS) is 10.6. The van der Waals surface area contributed by atoms with E-state index in [9.17, 15) is 10.1 Å². The third kappa shape index (κ3) is 3.55. The van der Waals surface area contributed by atoms with E-state index < -0.39 is 4.92 Å². The second-order valence-corrected chi connectivity index (χ2v) is 5.04. The summed E-state index contributed by atoms with van der Waals surface area (Å²) >= 11 is 1.50. The predicted molar refractivity (Wildman–Crippen MR) is 74.0 cm³/mol. The van der Waals surface area contributed by atoms with Gasteiger partial charge in [-0.25, -0.2) is 0 Å². The van der Waals surface area contributed by atoms with Crippen molar-refractivity contribution < 1.29 is 4.92 Å². The molecule has 1 heterocycles. The lowest BCUT2D eigenvalue weighted by molar-refractivity contribution is -0.384. The molecule has 0 aliphatic rings. The molecule has 0 amide bonds. The van der Waals surface area contributed by atoms with Crippen molar-refractivity contribution in [1.29, 1.82) is 0 Å². The van der Waals surface area contributed by atoms with Crippen LogP contribution in [0.2, 0.25) is 0 Å². The number of aromatic nitrogens is 2. The number of rotatable bonds is 6. The molecule has 0 radical (unpaired) electrons. The van der Waals surface area contributed by atoms with E-state index in [0.717, 1.165) is 28.5 Å². The highest BCUT2D eigenvalue weighted by atomic mass is 32.1. The largest absolute Gasteiger partial charge is 0.310 e. The van der Waals surface area contributed by atoms with E-state index in [0.29, 0.717) is 6.54 Å². The van der Waals surface area contributed by atoms with Crippen LogP contribution in [0.1, 0.15) is 18.4 Å². The average Bonchev–Trinajstić information content (AvgIpc) is 2.88. The first-order chi connectivity index (χ1) is 9.20. The molecule has 0 bridgehead atoms. The Morgan fingerprint density at radius 3 is 2.68 bits per heavy atom. The maximum absolute atomic E-state index is 10.6. The highest BCUT2D eigenvalue weighted by Crippen LogP contribution is 2.25. The summed E-state index contributed by atoms with van der Waals surface area (Å²) in [5, 5.41) is 23.7. The van der Waals surface area contributed by atoms with Gasteiger partial charge in [-0.05, 0) is 25.1 Å². The highest BCUT2D eigenvalue weighted by Gasteiger charge is 2.09. The van der Waals surface area contributed by atoms with Crippen molar-refractivity contribution >= 4 is 17.0 Å². The van der Waals surface area contributed by atoms with Gasteiger partial charge in [0.2, 0.25) is 0 Å². The second-order valence-electron chi connectivity index (χ2n) is 3.98. The van der Waals surface area contributed by atoms with Gasteiger partial charge in [-0.3, -0.25) is 10.1 Å². The maximum Gasteiger partial charge on any atom is 0.269 e. The number of hydrogen-bond donors (Lipinski definition) is 1. The van der Waals surface area contributed by atoms with Crippen molar-refractivity contribution in [2.45, 2.75) is 19.9 Å². The molecule has 7 heteroatoms. The molecule has 0 aliphatic heterocycles. The minimum absolute atomic E-state index is 0.0816.